The molecule has 1 amide bonds. The highest BCUT2D eigenvalue weighted by atomic mass is 127. The maximum Gasteiger partial charge on any atom is 0.409 e. The maximum absolute atomic E-state index is 11.7. The molecule has 2 fully saturated rings. The number of rotatable bonds is 6. The van der Waals surface area contributed by atoms with Gasteiger partial charge in [-0.05, 0) is 56.8 Å². The number of guanidine groups is 1. The highest BCUT2D eigenvalue weighted by Gasteiger charge is 2.23. The summed E-state index contributed by atoms with van der Waals surface area (Å²) >= 11 is 0. The summed E-state index contributed by atoms with van der Waals surface area (Å²) in [5.74, 6) is 0.468. The van der Waals surface area contributed by atoms with Crippen LogP contribution in [0.5, 0.6) is 0 Å². The van der Waals surface area contributed by atoms with Gasteiger partial charge in [0.15, 0.2) is 5.96 Å². The summed E-state index contributed by atoms with van der Waals surface area (Å²) < 4.78 is 5.05. The van der Waals surface area contributed by atoms with Gasteiger partial charge in [0.2, 0.25) is 0 Å². The van der Waals surface area contributed by atoms with E-state index in [4.69, 9.17) is 10.5 Å². The van der Waals surface area contributed by atoms with E-state index in [0.717, 1.165) is 24.9 Å². The molecule has 1 aromatic carbocycles. The highest BCUT2D eigenvalue weighted by molar-refractivity contribution is 14.0. The van der Waals surface area contributed by atoms with Crippen LogP contribution in [0.25, 0.3) is 0 Å². The summed E-state index contributed by atoms with van der Waals surface area (Å²) in [5.41, 5.74) is 8.58. The van der Waals surface area contributed by atoms with E-state index in [1.807, 2.05) is 6.92 Å². The van der Waals surface area contributed by atoms with Crippen LogP contribution in [0.4, 0.5) is 4.79 Å². The van der Waals surface area contributed by atoms with E-state index in [2.05, 4.69) is 39.5 Å². The van der Waals surface area contributed by atoms with E-state index in [0.29, 0.717) is 32.2 Å². The maximum atomic E-state index is 11.7. The lowest BCUT2D eigenvalue weighted by Gasteiger charge is -2.31. The van der Waals surface area contributed by atoms with Crippen LogP contribution in [0.2, 0.25) is 0 Å². The molecule has 0 aliphatic carbocycles. The molecular weight excluding hydrogens is 481 g/mol. The van der Waals surface area contributed by atoms with Gasteiger partial charge in [-0.2, -0.15) is 0 Å². The van der Waals surface area contributed by atoms with Gasteiger partial charge in [-0.25, -0.2) is 9.79 Å². The quantitative estimate of drug-likeness (QED) is 0.346. The Balaban J connectivity index is 0.00000300. The monoisotopic (exact) mass is 515 g/mol. The summed E-state index contributed by atoms with van der Waals surface area (Å²) in [7, 11) is 0. The van der Waals surface area contributed by atoms with Crippen LogP contribution in [0.15, 0.2) is 29.3 Å². The molecule has 0 unspecified atom stereocenters. The molecule has 0 saturated carbocycles. The van der Waals surface area contributed by atoms with Crippen molar-refractivity contribution in [2.45, 2.75) is 51.7 Å². The first-order valence-corrected chi connectivity index (χ1v) is 10.4. The number of amides is 1. The van der Waals surface area contributed by atoms with Gasteiger partial charge in [0.1, 0.15) is 0 Å². The zero-order valence-electron chi connectivity index (χ0n) is 17.3. The van der Waals surface area contributed by atoms with Crippen LogP contribution < -0.4 is 11.1 Å². The number of halogens is 1. The fourth-order valence-corrected chi connectivity index (χ4v) is 3.80. The van der Waals surface area contributed by atoms with Crippen molar-refractivity contribution in [3.63, 3.8) is 0 Å². The number of nitrogens with two attached hydrogens (primary N) is 1. The molecule has 2 heterocycles. The minimum atomic E-state index is -0.226. The van der Waals surface area contributed by atoms with E-state index in [9.17, 15) is 4.79 Å². The Morgan fingerprint density at radius 1 is 1.14 bits per heavy atom. The number of hydrogen-bond donors (Lipinski definition) is 2. The van der Waals surface area contributed by atoms with Crippen molar-refractivity contribution in [1.82, 2.24) is 15.1 Å². The third-order valence-corrected chi connectivity index (χ3v) is 5.43. The van der Waals surface area contributed by atoms with Gasteiger partial charge in [0, 0.05) is 25.7 Å². The number of likely N-dealkylation sites (tertiary alicyclic amines) is 2. The molecular formula is C21H34IN5O2. The van der Waals surface area contributed by atoms with Crippen LogP contribution in [0.3, 0.4) is 0 Å². The summed E-state index contributed by atoms with van der Waals surface area (Å²) in [6.45, 7) is 7.65. The van der Waals surface area contributed by atoms with E-state index >= 15 is 0 Å². The SMILES string of the molecule is CCOC(=O)N1CCC(NC(N)=NCc2ccc(CN3CCCC3)cc2)CC1.I. The Morgan fingerprint density at radius 2 is 1.76 bits per heavy atom. The van der Waals surface area contributed by atoms with E-state index in [1.165, 1.54) is 31.5 Å². The summed E-state index contributed by atoms with van der Waals surface area (Å²) in [4.78, 5) is 20.5. The number of nitrogens with one attached hydrogen (secondary N) is 1. The fourth-order valence-electron chi connectivity index (χ4n) is 3.80. The Bertz CT molecular complexity index is 654. The molecule has 2 aliphatic heterocycles. The van der Waals surface area contributed by atoms with Crippen LogP contribution >= 0.6 is 24.0 Å². The number of ether oxygens (including phenoxy) is 1. The van der Waals surface area contributed by atoms with Crippen LogP contribution in [-0.4, -0.2) is 60.7 Å². The van der Waals surface area contributed by atoms with Gasteiger partial charge >= 0.3 is 6.09 Å². The molecule has 1 aromatic rings. The number of carbonyl (C=O) groups excluding carboxylic acids is 1. The number of carbonyl (C=O) groups is 1. The molecule has 2 saturated heterocycles. The molecule has 0 radical (unpaired) electrons. The third kappa shape index (κ3) is 7.65. The molecule has 162 valence electrons. The van der Waals surface area contributed by atoms with Crippen molar-refractivity contribution in [3.05, 3.63) is 35.4 Å². The predicted octanol–water partition coefficient (Wildman–Crippen LogP) is 2.93. The van der Waals surface area contributed by atoms with Gasteiger partial charge in [-0.1, -0.05) is 24.3 Å². The second-order valence-electron chi connectivity index (χ2n) is 7.61. The normalized spacial score (nSPS) is 18.4. The third-order valence-electron chi connectivity index (χ3n) is 5.43. The predicted molar refractivity (Wildman–Crippen MR) is 126 cm³/mol. The first-order valence-electron chi connectivity index (χ1n) is 10.4. The van der Waals surface area contributed by atoms with Crippen LogP contribution in [-0.2, 0) is 17.8 Å². The van der Waals surface area contributed by atoms with Crippen molar-refractivity contribution in [2.24, 2.45) is 10.7 Å². The number of benzene rings is 1. The number of hydrogen-bond acceptors (Lipinski definition) is 4. The Kier molecular flexibility index (Phi) is 9.99. The van der Waals surface area contributed by atoms with Gasteiger partial charge in [0.05, 0.1) is 13.2 Å². The van der Waals surface area contributed by atoms with Gasteiger partial charge < -0.3 is 20.7 Å². The van der Waals surface area contributed by atoms with Crippen molar-refractivity contribution >= 4 is 36.0 Å². The largest absolute Gasteiger partial charge is 0.450 e. The van der Waals surface area contributed by atoms with Gasteiger partial charge in [-0.15, -0.1) is 24.0 Å². The minimum Gasteiger partial charge on any atom is -0.450 e. The molecule has 7 nitrogen and oxygen atoms in total. The number of nitrogens with zero attached hydrogens (tertiary/aromatic N) is 3. The number of aliphatic imine (C=N–C) groups is 1. The van der Waals surface area contributed by atoms with E-state index in [-0.39, 0.29) is 36.1 Å². The first kappa shape index (κ1) is 23.7. The van der Waals surface area contributed by atoms with Crippen LogP contribution in [0, 0.1) is 0 Å². The zero-order chi connectivity index (χ0) is 19.8. The van der Waals surface area contributed by atoms with Gasteiger partial charge in [-0.3, -0.25) is 4.90 Å². The number of piperidine rings is 1. The lowest BCUT2D eigenvalue weighted by molar-refractivity contribution is 0.0963. The second kappa shape index (κ2) is 12.2. The second-order valence-corrected chi connectivity index (χ2v) is 7.61. The van der Waals surface area contributed by atoms with Crippen molar-refractivity contribution in [1.29, 1.82) is 0 Å². The molecule has 0 bridgehead atoms. The van der Waals surface area contributed by atoms with Crippen molar-refractivity contribution < 1.29 is 9.53 Å². The van der Waals surface area contributed by atoms with Crippen molar-refractivity contribution in [3.8, 4) is 0 Å². The summed E-state index contributed by atoms with van der Waals surface area (Å²) in [5, 5.41) is 3.28. The molecule has 0 atom stereocenters. The topological polar surface area (TPSA) is 83.2 Å². The molecule has 8 heteroatoms. The molecule has 0 spiro atoms. The molecule has 2 aliphatic rings. The Labute approximate surface area is 191 Å². The Morgan fingerprint density at radius 3 is 2.38 bits per heavy atom. The Hall–Kier alpha value is -1.55. The minimum absolute atomic E-state index is 0. The lowest BCUT2D eigenvalue weighted by atomic mass is 10.1. The first-order chi connectivity index (χ1) is 13.6. The zero-order valence-corrected chi connectivity index (χ0v) is 19.6. The van der Waals surface area contributed by atoms with Crippen LogP contribution in [0.1, 0.15) is 43.7 Å². The molecule has 0 aromatic heterocycles. The standard InChI is InChI=1S/C21H33N5O2.HI/c1-2-28-21(27)26-13-9-19(10-14-26)24-20(22)23-15-17-5-7-18(8-6-17)16-25-11-3-4-12-25;/h5-8,19H,2-4,9-16H2,1H3,(H3,22,23,24);1H. The van der Waals surface area contributed by atoms with E-state index in [1.54, 1.807) is 4.90 Å². The smallest absolute Gasteiger partial charge is 0.409 e. The summed E-state index contributed by atoms with van der Waals surface area (Å²) in [6.07, 6.45) is 4.11. The highest BCUT2D eigenvalue weighted by Crippen LogP contribution is 2.14. The van der Waals surface area contributed by atoms with Crippen molar-refractivity contribution in [2.75, 3.05) is 32.8 Å². The molecule has 3 rings (SSSR count). The molecule has 3 N–H and O–H groups in total. The fraction of sp³-hybridized carbons (Fsp3) is 0.619. The molecule has 29 heavy (non-hydrogen) atoms. The lowest BCUT2D eigenvalue weighted by Crippen LogP contribution is -2.48. The summed E-state index contributed by atoms with van der Waals surface area (Å²) in [6, 6.07) is 8.91. The average Bonchev–Trinajstić information content (AvgIpc) is 3.21. The van der Waals surface area contributed by atoms with Gasteiger partial charge in [0.25, 0.3) is 0 Å². The average molecular weight is 515 g/mol. The van der Waals surface area contributed by atoms with E-state index < -0.39 is 0 Å².